The lowest BCUT2D eigenvalue weighted by atomic mass is 9.99. The van der Waals surface area contributed by atoms with Crippen molar-refractivity contribution < 1.29 is 19.0 Å². The average molecular weight is 295 g/mol. The van der Waals surface area contributed by atoms with Crippen molar-refractivity contribution in [2.45, 2.75) is 6.10 Å². The van der Waals surface area contributed by atoms with Gasteiger partial charge >= 0.3 is 5.97 Å². The van der Waals surface area contributed by atoms with Gasteiger partial charge in [-0.15, -0.1) is 0 Å². The monoisotopic (exact) mass is 294 g/mol. The molecule has 5 heteroatoms. The maximum Gasteiger partial charge on any atom is 0.337 e. The number of hydrogen-bond donors (Lipinski definition) is 1. The molecule has 2 aromatic carbocycles. The van der Waals surface area contributed by atoms with Crippen molar-refractivity contribution in [2.24, 2.45) is 0 Å². The fourth-order valence-electron chi connectivity index (χ4n) is 1.88. The van der Waals surface area contributed by atoms with E-state index in [4.69, 9.17) is 11.6 Å². The molecule has 20 heavy (non-hydrogen) atoms. The molecule has 0 aliphatic carbocycles. The molecule has 2 rings (SSSR count). The Hall–Kier alpha value is -1.91. The van der Waals surface area contributed by atoms with Crippen LogP contribution < -0.4 is 0 Å². The first-order valence-corrected chi connectivity index (χ1v) is 6.21. The number of carbonyl (C=O) groups is 1. The molecule has 0 bridgehead atoms. The first kappa shape index (κ1) is 14.5. The van der Waals surface area contributed by atoms with E-state index in [1.165, 1.54) is 25.3 Å². The van der Waals surface area contributed by atoms with Gasteiger partial charge in [0, 0.05) is 5.02 Å². The molecular formula is C15H12ClFO3. The topological polar surface area (TPSA) is 46.5 Å². The molecule has 0 fully saturated rings. The van der Waals surface area contributed by atoms with Crippen molar-refractivity contribution in [1.82, 2.24) is 0 Å². The summed E-state index contributed by atoms with van der Waals surface area (Å²) in [5.74, 6) is -1.04. The Morgan fingerprint density at radius 3 is 2.65 bits per heavy atom. The first-order valence-electron chi connectivity index (χ1n) is 5.83. The fraction of sp³-hybridized carbons (Fsp3) is 0.133. The van der Waals surface area contributed by atoms with Gasteiger partial charge in [0.05, 0.1) is 12.7 Å². The van der Waals surface area contributed by atoms with Gasteiger partial charge in [-0.3, -0.25) is 0 Å². The van der Waals surface area contributed by atoms with Crippen molar-refractivity contribution in [3.8, 4) is 0 Å². The molecule has 0 amide bonds. The van der Waals surface area contributed by atoms with Crippen LogP contribution in [0, 0.1) is 5.82 Å². The molecular weight excluding hydrogens is 283 g/mol. The summed E-state index contributed by atoms with van der Waals surface area (Å²) in [6.07, 6.45) is -1.08. The Morgan fingerprint density at radius 2 is 2.00 bits per heavy atom. The van der Waals surface area contributed by atoms with E-state index in [0.717, 1.165) is 6.07 Å². The number of aliphatic hydroxyl groups excluding tert-OH is 1. The summed E-state index contributed by atoms with van der Waals surface area (Å²) in [5.41, 5.74) is 1.08. The SMILES string of the molecule is COC(=O)c1cccc(C(O)c2cc(F)cc(Cl)c2)c1. The van der Waals surface area contributed by atoms with Crippen LogP contribution in [-0.2, 0) is 4.74 Å². The van der Waals surface area contributed by atoms with E-state index < -0.39 is 17.9 Å². The summed E-state index contributed by atoms with van der Waals surface area (Å²) < 4.78 is 17.9. The van der Waals surface area contributed by atoms with Gasteiger partial charge < -0.3 is 9.84 Å². The second-order valence-electron chi connectivity index (χ2n) is 4.22. The number of rotatable bonds is 3. The maximum absolute atomic E-state index is 13.3. The number of ether oxygens (including phenoxy) is 1. The molecule has 0 aromatic heterocycles. The second kappa shape index (κ2) is 6.03. The zero-order valence-electron chi connectivity index (χ0n) is 10.6. The number of esters is 1. The Bertz CT molecular complexity index is 623. The molecule has 2 aromatic rings. The molecule has 104 valence electrons. The van der Waals surface area contributed by atoms with Gasteiger partial charge in [-0.1, -0.05) is 23.7 Å². The number of methoxy groups -OCH3 is 1. The smallest absolute Gasteiger partial charge is 0.337 e. The number of aliphatic hydroxyl groups is 1. The van der Waals surface area contributed by atoms with Crippen LogP contribution in [0.25, 0.3) is 0 Å². The molecule has 0 saturated heterocycles. The molecule has 1 atom stereocenters. The predicted molar refractivity (Wildman–Crippen MR) is 73.3 cm³/mol. The van der Waals surface area contributed by atoms with Gasteiger partial charge in [-0.05, 0) is 41.5 Å². The highest BCUT2D eigenvalue weighted by molar-refractivity contribution is 6.30. The van der Waals surface area contributed by atoms with Gasteiger partial charge in [0.1, 0.15) is 11.9 Å². The van der Waals surface area contributed by atoms with Crippen LogP contribution in [0.4, 0.5) is 4.39 Å². The van der Waals surface area contributed by atoms with Crippen LogP contribution >= 0.6 is 11.6 Å². The zero-order chi connectivity index (χ0) is 14.7. The molecule has 1 unspecified atom stereocenters. The average Bonchev–Trinajstić information content (AvgIpc) is 2.44. The van der Waals surface area contributed by atoms with Crippen molar-refractivity contribution in [3.05, 3.63) is 70.0 Å². The predicted octanol–water partition coefficient (Wildman–Crippen LogP) is 3.35. The molecule has 0 radical (unpaired) electrons. The van der Waals surface area contributed by atoms with E-state index in [1.807, 2.05) is 0 Å². The Balaban J connectivity index is 2.37. The number of halogens is 2. The van der Waals surface area contributed by atoms with Crippen molar-refractivity contribution in [3.63, 3.8) is 0 Å². The van der Waals surface area contributed by atoms with Gasteiger partial charge in [-0.2, -0.15) is 0 Å². The Morgan fingerprint density at radius 1 is 1.25 bits per heavy atom. The molecule has 0 saturated carbocycles. The van der Waals surface area contributed by atoms with Crippen molar-refractivity contribution >= 4 is 17.6 Å². The lowest BCUT2D eigenvalue weighted by Crippen LogP contribution is -2.05. The first-order chi connectivity index (χ1) is 9.51. The van der Waals surface area contributed by atoms with E-state index in [0.29, 0.717) is 16.7 Å². The fourth-order valence-corrected chi connectivity index (χ4v) is 2.11. The van der Waals surface area contributed by atoms with Crippen LogP contribution in [0.15, 0.2) is 42.5 Å². The van der Waals surface area contributed by atoms with E-state index in [-0.39, 0.29) is 5.02 Å². The Kier molecular flexibility index (Phi) is 4.37. The highest BCUT2D eigenvalue weighted by atomic mass is 35.5. The lowest BCUT2D eigenvalue weighted by Gasteiger charge is -2.13. The van der Waals surface area contributed by atoms with Gasteiger partial charge in [-0.25, -0.2) is 9.18 Å². The summed E-state index contributed by atoms with van der Waals surface area (Å²) in [4.78, 5) is 11.4. The van der Waals surface area contributed by atoms with Crippen molar-refractivity contribution in [1.29, 1.82) is 0 Å². The maximum atomic E-state index is 13.3. The minimum absolute atomic E-state index is 0.197. The summed E-state index contributed by atoms with van der Waals surface area (Å²) in [5, 5.41) is 10.4. The van der Waals surface area contributed by atoms with E-state index in [2.05, 4.69) is 4.74 Å². The normalized spacial score (nSPS) is 12.0. The largest absolute Gasteiger partial charge is 0.465 e. The highest BCUT2D eigenvalue weighted by Gasteiger charge is 2.14. The molecule has 0 spiro atoms. The van der Waals surface area contributed by atoms with E-state index >= 15 is 0 Å². The second-order valence-corrected chi connectivity index (χ2v) is 4.66. The summed E-state index contributed by atoms with van der Waals surface area (Å²) in [7, 11) is 1.28. The molecule has 0 heterocycles. The van der Waals surface area contributed by atoms with E-state index in [1.54, 1.807) is 18.2 Å². The van der Waals surface area contributed by atoms with Crippen LogP contribution in [-0.4, -0.2) is 18.2 Å². The van der Waals surface area contributed by atoms with Gasteiger partial charge in [0.15, 0.2) is 0 Å². The lowest BCUT2D eigenvalue weighted by molar-refractivity contribution is 0.0600. The summed E-state index contributed by atoms with van der Waals surface area (Å²) >= 11 is 5.76. The zero-order valence-corrected chi connectivity index (χ0v) is 11.4. The molecule has 3 nitrogen and oxygen atoms in total. The third kappa shape index (κ3) is 3.15. The quantitative estimate of drug-likeness (QED) is 0.883. The minimum atomic E-state index is -1.08. The van der Waals surface area contributed by atoms with Crippen LogP contribution in [0.5, 0.6) is 0 Å². The van der Waals surface area contributed by atoms with Crippen LogP contribution in [0.3, 0.4) is 0 Å². The number of benzene rings is 2. The highest BCUT2D eigenvalue weighted by Crippen LogP contribution is 2.26. The summed E-state index contributed by atoms with van der Waals surface area (Å²) in [6, 6.07) is 10.1. The van der Waals surface area contributed by atoms with Crippen LogP contribution in [0.1, 0.15) is 27.6 Å². The van der Waals surface area contributed by atoms with E-state index in [9.17, 15) is 14.3 Å². The van der Waals surface area contributed by atoms with Crippen molar-refractivity contribution in [2.75, 3.05) is 7.11 Å². The Labute approximate surface area is 120 Å². The number of hydrogen-bond acceptors (Lipinski definition) is 3. The summed E-state index contributed by atoms with van der Waals surface area (Å²) in [6.45, 7) is 0. The number of carbonyl (C=O) groups excluding carboxylic acids is 1. The van der Waals surface area contributed by atoms with Gasteiger partial charge in [0.25, 0.3) is 0 Å². The van der Waals surface area contributed by atoms with Gasteiger partial charge in [0.2, 0.25) is 0 Å². The minimum Gasteiger partial charge on any atom is -0.465 e. The third-order valence-corrected chi connectivity index (χ3v) is 3.04. The molecule has 1 N–H and O–H groups in total. The third-order valence-electron chi connectivity index (χ3n) is 2.82. The van der Waals surface area contributed by atoms with Crippen LogP contribution in [0.2, 0.25) is 5.02 Å². The molecule has 0 aliphatic heterocycles. The molecule has 0 aliphatic rings. The standard InChI is InChI=1S/C15H12ClFO3/c1-20-15(19)10-4-2-3-9(5-10)14(18)11-6-12(16)8-13(17)7-11/h2-8,14,18H,1H3.